The van der Waals surface area contributed by atoms with Crippen molar-refractivity contribution in [1.29, 1.82) is 0 Å². The highest BCUT2D eigenvalue weighted by molar-refractivity contribution is 6.09. The lowest BCUT2D eigenvalue weighted by molar-refractivity contribution is 0.101. The van der Waals surface area contributed by atoms with E-state index >= 15 is 0 Å². The number of carbonyl (C=O) groups is 1. The fourth-order valence-electron chi connectivity index (χ4n) is 6.39. The summed E-state index contributed by atoms with van der Waals surface area (Å²) in [7, 11) is 2.32. The number of nitrogens with zero attached hydrogens (tertiary/aromatic N) is 6. The molecule has 4 heterocycles. The summed E-state index contributed by atoms with van der Waals surface area (Å²) in [5.41, 5.74) is 2.50. The highest BCUT2D eigenvalue weighted by Crippen LogP contribution is 2.37. The zero-order chi connectivity index (χ0) is 27.1. The molecule has 0 unspecified atom stereocenters. The Hall–Kier alpha value is -3.21. The normalized spacial score (nSPS) is 21.7. The number of halogens is 1. The van der Waals surface area contributed by atoms with Crippen LogP contribution >= 0.6 is 12.4 Å². The van der Waals surface area contributed by atoms with E-state index in [1.54, 1.807) is 29.2 Å². The Morgan fingerprint density at radius 3 is 2.66 bits per heavy atom. The first-order valence-electron chi connectivity index (χ1n) is 14.8. The van der Waals surface area contributed by atoms with Crippen LogP contribution in [0, 0.1) is 5.92 Å². The number of piperidine rings is 1. The summed E-state index contributed by atoms with van der Waals surface area (Å²) in [5, 5.41) is 16.8. The van der Waals surface area contributed by atoms with E-state index in [1.807, 2.05) is 12.1 Å². The van der Waals surface area contributed by atoms with Gasteiger partial charge in [-0.1, -0.05) is 0 Å². The number of ether oxygens (including phenoxy) is 1. The highest BCUT2D eigenvalue weighted by Gasteiger charge is 2.30. The molecule has 41 heavy (non-hydrogen) atoms. The van der Waals surface area contributed by atoms with Crippen molar-refractivity contribution in [2.24, 2.45) is 5.92 Å². The molecule has 1 amide bonds. The van der Waals surface area contributed by atoms with Gasteiger partial charge in [0.25, 0.3) is 5.91 Å². The Morgan fingerprint density at radius 1 is 1.10 bits per heavy atom. The molecule has 7 rings (SSSR count). The van der Waals surface area contributed by atoms with E-state index in [1.165, 1.54) is 38.5 Å². The number of anilines is 1. The zero-order valence-electron chi connectivity index (χ0n) is 23.5. The first-order valence-corrected chi connectivity index (χ1v) is 14.8. The van der Waals surface area contributed by atoms with Gasteiger partial charge in [-0.25, -0.2) is 9.50 Å². The molecule has 4 aromatic rings. The number of rotatable bonds is 8. The van der Waals surface area contributed by atoms with Crippen LogP contribution in [-0.2, 0) is 0 Å². The summed E-state index contributed by atoms with van der Waals surface area (Å²) in [4.78, 5) is 20.3. The van der Waals surface area contributed by atoms with E-state index in [4.69, 9.17) is 9.84 Å². The summed E-state index contributed by atoms with van der Waals surface area (Å²) in [6, 6.07) is 7.51. The van der Waals surface area contributed by atoms with Crippen LogP contribution in [0.25, 0.3) is 16.6 Å². The number of aromatic nitrogens is 5. The largest absolute Gasteiger partial charge is 0.491 e. The van der Waals surface area contributed by atoms with Crippen LogP contribution in [-0.4, -0.2) is 74.0 Å². The topological polar surface area (TPSA) is 102 Å². The van der Waals surface area contributed by atoms with Gasteiger partial charge in [-0.05, 0) is 89.6 Å². The van der Waals surface area contributed by atoms with E-state index < -0.39 is 0 Å². The molecule has 2 saturated carbocycles. The van der Waals surface area contributed by atoms with Gasteiger partial charge >= 0.3 is 0 Å². The number of hydrogen-bond acceptors (Lipinski definition) is 7. The minimum Gasteiger partial charge on any atom is -0.491 e. The molecule has 2 aliphatic carbocycles. The second-order valence-corrected chi connectivity index (χ2v) is 11.8. The molecule has 10 nitrogen and oxygen atoms in total. The molecular formula is C30H39ClN8O2. The van der Waals surface area contributed by atoms with Gasteiger partial charge < -0.3 is 20.3 Å². The molecule has 0 spiro atoms. The Morgan fingerprint density at radius 2 is 1.88 bits per heavy atom. The molecule has 3 aromatic heterocycles. The van der Waals surface area contributed by atoms with E-state index in [9.17, 15) is 4.79 Å². The van der Waals surface area contributed by atoms with Gasteiger partial charge in [0.15, 0.2) is 5.65 Å². The standard InChI is InChI=1S/C30H38N8O2.ClH/c1-36(23-9-12-31-13-10-23)22-5-7-24(8-6-22)38-18-21-15-27(28(16-26(21)35-38)40-19-20-3-4-20)34-30(39)25-17-33-37-14-2-11-32-29(25)37;/h2,11,14-18,20,22-24,31H,3-10,12-13,19H2,1H3,(H,34,39);1H. The lowest BCUT2D eigenvalue weighted by Gasteiger charge is -2.40. The van der Waals surface area contributed by atoms with Crippen LogP contribution in [0.15, 0.2) is 43.0 Å². The number of carbonyl (C=O) groups excluding carboxylic acids is 1. The summed E-state index contributed by atoms with van der Waals surface area (Å²) >= 11 is 0. The van der Waals surface area contributed by atoms with Crippen LogP contribution in [0.3, 0.4) is 0 Å². The number of benzene rings is 1. The summed E-state index contributed by atoms with van der Waals surface area (Å²) in [5.74, 6) is 1.00. The number of nitrogens with one attached hydrogen (secondary N) is 2. The van der Waals surface area contributed by atoms with Gasteiger partial charge in [0.2, 0.25) is 0 Å². The third kappa shape index (κ3) is 5.91. The average molecular weight is 579 g/mol. The third-order valence-electron chi connectivity index (χ3n) is 9.07. The van der Waals surface area contributed by atoms with Crippen LogP contribution < -0.4 is 15.4 Å². The van der Waals surface area contributed by atoms with E-state index in [0.717, 1.165) is 36.8 Å². The smallest absolute Gasteiger partial charge is 0.261 e. The van der Waals surface area contributed by atoms with Crippen molar-refractivity contribution in [3.8, 4) is 5.75 Å². The maximum atomic E-state index is 13.3. The Bertz CT molecular complexity index is 1500. The van der Waals surface area contributed by atoms with Crippen LogP contribution in [0.1, 0.15) is 67.8 Å². The van der Waals surface area contributed by atoms with Crippen molar-refractivity contribution in [2.45, 2.75) is 69.5 Å². The fourth-order valence-corrected chi connectivity index (χ4v) is 6.39. The molecule has 0 radical (unpaired) electrons. The number of amides is 1. The molecule has 218 valence electrons. The molecule has 3 aliphatic rings. The second kappa shape index (κ2) is 12.0. The van der Waals surface area contributed by atoms with Gasteiger partial charge in [-0.15, -0.1) is 12.4 Å². The molecule has 2 N–H and O–H groups in total. The predicted molar refractivity (Wildman–Crippen MR) is 161 cm³/mol. The second-order valence-electron chi connectivity index (χ2n) is 11.8. The van der Waals surface area contributed by atoms with E-state index in [0.29, 0.717) is 53.3 Å². The van der Waals surface area contributed by atoms with Gasteiger partial charge in [-0.2, -0.15) is 10.2 Å². The van der Waals surface area contributed by atoms with Crippen molar-refractivity contribution >= 4 is 40.6 Å². The third-order valence-corrected chi connectivity index (χ3v) is 9.07. The first kappa shape index (κ1) is 27.9. The van der Waals surface area contributed by atoms with Gasteiger partial charge in [0.1, 0.15) is 11.3 Å². The highest BCUT2D eigenvalue weighted by atomic mass is 35.5. The molecule has 1 aromatic carbocycles. The van der Waals surface area contributed by atoms with Gasteiger partial charge in [0, 0.05) is 42.1 Å². The van der Waals surface area contributed by atoms with Gasteiger partial charge in [-0.3, -0.25) is 9.48 Å². The minimum absolute atomic E-state index is 0. The number of fused-ring (bicyclic) bond motifs is 2. The first-order chi connectivity index (χ1) is 19.6. The van der Waals surface area contributed by atoms with Crippen molar-refractivity contribution in [1.82, 2.24) is 34.6 Å². The summed E-state index contributed by atoms with van der Waals surface area (Å²) in [6.07, 6.45) is 16.7. The van der Waals surface area contributed by atoms with Crippen LogP contribution in [0.2, 0.25) is 0 Å². The van der Waals surface area contributed by atoms with Crippen LogP contribution in [0.5, 0.6) is 5.75 Å². The van der Waals surface area contributed by atoms with Crippen LogP contribution in [0.4, 0.5) is 5.69 Å². The predicted octanol–water partition coefficient (Wildman–Crippen LogP) is 4.71. The van der Waals surface area contributed by atoms with E-state index in [-0.39, 0.29) is 18.3 Å². The molecule has 1 aliphatic heterocycles. The minimum atomic E-state index is -0.257. The van der Waals surface area contributed by atoms with Gasteiger partial charge in [0.05, 0.1) is 30.0 Å². The van der Waals surface area contributed by atoms with E-state index in [2.05, 4.69) is 43.5 Å². The SMILES string of the molecule is CN(C1CCNCC1)C1CCC(n2cc3cc(NC(=O)c4cnn5cccnc45)c(OCC4CC4)cc3n2)CC1.Cl. The molecule has 0 bridgehead atoms. The molecule has 3 fully saturated rings. The zero-order valence-corrected chi connectivity index (χ0v) is 24.4. The lowest BCUT2D eigenvalue weighted by atomic mass is 9.89. The number of hydrogen-bond donors (Lipinski definition) is 2. The molecular weight excluding hydrogens is 540 g/mol. The fraction of sp³-hybridized carbons (Fsp3) is 0.533. The van der Waals surface area contributed by atoms with Crippen molar-refractivity contribution in [2.75, 3.05) is 32.1 Å². The molecule has 0 atom stereocenters. The Labute approximate surface area is 246 Å². The Balaban J connectivity index is 0.00000302. The monoisotopic (exact) mass is 578 g/mol. The van der Waals surface area contributed by atoms with Crippen molar-refractivity contribution in [3.05, 3.63) is 48.5 Å². The van der Waals surface area contributed by atoms with Crippen molar-refractivity contribution in [3.63, 3.8) is 0 Å². The molecule has 1 saturated heterocycles. The van der Waals surface area contributed by atoms with Crippen molar-refractivity contribution < 1.29 is 9.53 Å². The average Bonchev–Trinajstić information content (AvgIpc) is 3.58. The molecule has 11 heteroatoms. The lowest BCUT2D eigenvalue weighted by Crippen LogP contribution is -2.47. The maximum absolute atomic E-state index is 13.3. The Kier molecular flexibility index (Phi) is 8.14. The summed E-state index contributed by atoms with van der Waals surface area (Å²) in [6.45, 7) is 2.92. The summed E-state index contributed by atoms with van der Waals surface area (Å²) < 4.78 is 9.97. The maximum Gasteiger partial charge on any atom is 0.261 e. The quantitative estimate of drug-likeness (QED) is 0.312.